The average Bonchev–Trinajstić information content (AvgIpc) is 3.85. The molecule has 252 valence electrons. The van der Waals surface area contributed by atoms with E-state index in [1.165, 1.54) is 23.0 Å². The van der Waals surface area contributed by atoms with E-state index in [2.05, 4.69) is 31.0 Å². The maximum atomic E-state index is 14.6. The maximum Gasteiger partial charge on any atom is 0.408 e. The van der Waals surface area contributed by atoms with Crippen LogP contribution < -0.4 is 16.0 Å². The van der Waals surface area contributed by atoms with E-state index in [1.807, 2.05) is 5.32 Å². The molecule has 1 aliphatic heterocycles. The molecule has 0 bridgehead atoms. The fourth-order valence-corrected chi connectivity index (χ4v) is 6.50. The molecule has 18 heteroatoms. The number of imidazole rings is 1. The van der Waals surface area contributed by atoms with Gasteiger partial charge in [0.25, 0.3) is 11.8 Å². The van der Waals surface area contributed by atoms with E-state index < -0.39 is 71.9 Å². The number of hydrogen-bond acceptors (Lipinski definition) is 8. The molecule has 4 aliphatic rings. The van der Waals surface area contributed by atoms with Crippen LogP contribution in [0, 0.1) is 5.92 Å². The number of hydrogen-bond donors (Lipinski definition) is 3. The van der Waals surface area contributed by atoms with Crippen LogP contribution in [-0.2, 0) is 16.0 Å². The molecule has 3 amide bonds. The molecule has 7 rings (SSSR count). The first-order valence-corrected chi connectivity index (χ1v) is 15.4. The Morgan fingerprint density at radius 3 is 2.45 bits per heavy atom. The molecule has 3 aromatic rings. The minimum Gasteiger partial charge on any atom is -0.342 e. The monoisotopic (exact) mass is 668 g/mol. The molecule has 0 aromatic carbocycles. The number of nitrogens with one attached hydrogen (secondary N) is 3. The second-order valence-electron chi connectivity index (χ2n) is 13.2. The zero-order chi connectivity index (χ0) is 33.4. The van der Waals surface area contributed by atoms with Gasteiger partial charge in [-0.05, 0) is 61.2 Å². The van der Waals surface area contributed by atoms with Crippen LogP contribution in [0.1, 0.15) is 97.2 Å². The van der Waals surface area contributed by atoms with Gasteiger partial charge in [-0.1, -0.05) is 5.16 Å². The third-order valence-electron chi connectivity index (χ3n) is 9.57. The van der Waals surface area contributed by atoms with Gasteiger partial charge in [-0.3, -0.25) is 14.4 Å². The first-order valence-electron chi connectivity index (χ1n) is 15.4. The fourth-order valence-electron chi connectivity index (χ4n) is 6.50. The molecular weight excluding hydrogens is 638 g/mol. The van der Waals surface area contributed by atoms with Crippen molar-refractivity contribution >= 4 is 23.4 Å². The largest absolute Gasteiger partial charge is 0.408 e. The Morgan fingerprint density at radius 1 is 1.09 bits per heavy atom. The number of aromatic nitrogens is 5. The first-order chi connectivity index (χ1) is 22.1. The van der Waals surface area contributed by atoms with Gasteiger partial charge in [-0.25, -0.2) is 27.3 Å². The van der Waals surface area contributed by atoms with Crippen LogP contribution in [0.2, 0.25) is 0 Å². The van der Waals surface area contributed by atoms with Crippen LogP contribution in [-0.4, -0.2) is 72.0 Å². The molecule has 3 saturated carbocycles. The molecule has 4 fully saturated rings. The van der Waals surface area contributed by atoms with Crippen LogP contribution in [0.4, 0.5) is 26.3 Å². The lowest BCUT2D eigenvalue weighted by molar-refractivity contribution is -0.155. The Morgan fingerprint density at radius 2 is 1.81 bits per heavy atom. The number of alkyl halides is 6. The Hall–Kier alpha value is -4.25. The van der Waals surface area contributed by atoms with Gasteiger partial charge in [-0.2, -0.15) is 18.3 Å². The zero-order valence-electron chi connectivity index (χ0n) is 24.7. The molecule has 0 spiro atoms. The summed E-state index contributed by atoms with van der Waals surface area (Å²) < 4.78 is 89.7. The lowest BCUT2D eigenvalue weighted by atomic mass is 9.81. The van der Waals surface area contributed by atoms with Crippen LogP contribution in [0.3, 0.4) is 0 Å². The van der Waals surface area contributed by atoms with Gasteiger partial charge < -0.3 is 16.0 Å². The molecule has 0 unspecified atom stereocenters. The quantitative estimate of drug-likeness (QED) is 0.292. The third kappa shape index (κ3) is 6.13. The number of amides is 3. The van der Waals surface area contributed by atoms with Crippen molar-refractivity contribution in [3.05, 3.63) is 41.1 Å². The van der Waals surface area contributed by atoms with Crippen LogP contribution in [0.25, 0.3) is 5.65 Å². The molecule has 47 heavy (non-hydrogen) atoms. The van der Waals surface area contributed by atoms with E-state index in [1.54, 1.807) is 0 Å². The van der Waals surface area contributed by atoms with E-state index in [0.29, 0.717) is 5.69 Å². The van der Waals surface area contributed by atoms with E-state index in [9.17, 15) is 40.7 Å². The van der Waals surface area contributed by atoms with Gasteiger partial charge in [0.1, 0.15) is 17.3 Å². The average molecular weight is 669 g/mol. The molecule has 3 aromatic heterocycles. The highest BCUT2D eigenvalue weighted by molar-refractivity contribution is 5.97. The lowest BCUT2D eigenvalue weighted by Gasteiger charge is -2.33. The van der Waals surface area contributed by atoms with Crippen molar-refractivity contribution in [2.24, 2.45) is 5.92 Å². The van der Waals surface area contributed by atoms with Crippen LogP contribution in [0.15, 0.2) is 23.1 Å². The van der Waals surface area contributed by atoms with E-state index >= 15 is 0 Å². The summed E-state index contributed by atoms with van der Waals surface area (Å²) >= 11 is 0. The first kappa shape index (κ1) is 31.4. The number of carbonyl (C=O) groups is 3. The third-order valence-corrected chi connectivity index (χ3v) is 9.57. The summed E-state index contributed by atoms with van der Waals surface area (Å²) in [6, 6.07) is -1.65. The summed E-state index contributed by atoms with van der Waals surface area (Å²) in [4.78, 5) is 43.5. The van der Waals surface area contributed by atoms with Crippen molar-refractivity contribution in [1.29, 1.82) is 0 Å². The van der Waals surface area contributed by atoms with Crippen molar-refractivity contribution in [2.45, 2.75) is 106 Å². The summed E-state index contributed by atoms with van der Waals surface area (Å²) in [6.45, 7) is 0. The summed E-state index contributed by atoms with van der Waals surface area (Å²) in [6.07, 6.45) is -2.47. The zero-order valence-corrected chi connectivity index (χ0v) is 24.7. The highest BCUT2D eigenvalue weighted by atomic mass is 19.4. The molecule has 1 saturated heterocycles. The number of rotatable bonds is 9. The van der Waals surface area contributed by atoms with Crippen molar-refractivity contribution in [2.75, 3.05) is 0 Å². The normalized spacial score (nSPS) is 26.2. The minimum atomic E-state index is -4.81. The van der Waals surface area contributed by atoms with E-state index in [-0.39, 0.29) is 67.0 Å². The van der Waals surface area contributed by atoms with Crippen molar-refractivity contribution in [3.8, 4) is 0 Å². The van der Waals surface area contributed by atoms with Gasteiger partial charge in [-0.15, -0.1) is 0 Å². The Bertz CT molecular complexity index is 1720. The van der Waals surface area contributed by atoms with E-state index in [0.717, 1.165) is 12.8 Å². The highest BCUT2D eigenvalue weighted by Crippen LogP contribution is 2.44. The summed E-state index contributed by atoms with van der Waals surface area (Å²) in [7, 11) is 0. The minimum absolute atomic E-state index is 0.00316. The summed E-state index contributed by atoms with van der Waals surface area (Å²) in [5, 5.41) is 18.9. The van der Waals surface area contributed by atoms with Gasteiger partial charge in [0.15, 0.2) is 17.0 Å². The van der Waals surface area contributed by atoms with Gasteiger partial charge in [0, 0.05) is 31.6 Å². The maximum absolute atomic E-state index is 14.6. The molecule has 3 aliphatic carbocycles. The number of halogens is 6. The molecule has 4 heterocycles. The molecular formula is C29H30F6N8O4. The SMILES string of the molecule is O=C(N[C@H](c1cn2ncc(C[C@@]3(NC(=O)C4(F)CC4)C[C@@H](C(F)(F)F)NC3=O)cc2n1)C1CCC(F)(F)CC1)c1nonc1C1CC1. The van der Waals surface area contributed by atoms with Gasteiger partial charge in [0.05, 0.1) is 24.1 Å². The molecule has 12 nitrogen and oxygen atoms in total. The number of fused-ring (bicyclic) bond motifs is 1. The van der Waals surface area contributed by atoms with Crippen molar-refractivity contribution in [1.82, 2.24) is 40.9 Å². The molecule has 0 radical (unpaired) electrons. The molecule has 3 atom stereocenters. The standard InChI is InChI=1S/C29H30F6N8O4/c30-26(7-8-26)24(45)40-27(11-18(29(33,34)35)38-25(27)46)10-14-9-19-37-17(13-43(19)36-12-14)20(16-3-5-28(31,32)6-4-16)39-23(44)22-21(15-1-2-15)41-47-42-22/h9,12-13,15-16,18,20H,1-8,10-11H2,(H,38,46)(H,39,44)(H,40,45)/t18-,20-,27+/m0/s1. The Balaban J connectivity index is 1.18. The lowest BCUT2D eigenvalue weighted by Crippen LogP contribution is -2.57. The summed E-state index contributed by atoms with van der Waals surface area (Å²) in [5.41, 5.74) is -3.24. The second kappa shape index (κ2) is 10.9. The van der Waals surface area contributed by atoms with Crippen molar-refractivity contribution < 1.29 is 45.4 Å². The van der Waals surface area contributed by atoms with Crippen molar-refractivity contribution in [3.63, 3.8) is 0 Å². The number of carbonyl (C=O) groups excluding carboxylic acids is 3. The van der Waals surface area contributed by atoms with Crippen LogP contribution >= 0.6 is 0 Å². The Kier molecular flexibility index (Phi) is 7.27. The predicted octanol–water partition coefficient (Wildman–Crippen LogP) is 3.64. The topological polar surface area (TPSA) is 156 Å². The fraction of sp³-hybridized carbons (Fsp3) is 0.621. The smallest absolute Gasteiger partial charge is 0.342 e. The van der Waals surface area contributed by atoms with Crippen LogP contribution in [0.5, 0.6) is 0 Å². The van der Waals surface area contributed by atoms with E-state index in [4.69, 9.17) is 4.63 Å². The second-order valence-corrected chi connectivity index (χ2v) is 13.2. The van der Waals surface area contributed by atoms with Gasteiger partial charge >= 0.3 is 6.18 Å². The number of nitrogens with zero attached hydrogens (tertiary/aromatic N) is 5. The van der Waals surface area contributed by atoms with Gasteiger partial charge in [0.2, 0.25) is 11.8 Å². The summed E-state index contributed by atoms with van der Waals surface area (Å²) in [5.74, 6) is -6.08. The highest BCUT2D eigenvalue weighted by Gasteiger charge is 2.59. The predicted molar refractivity (Wildman–Crippen MR) is 147 cm³/mol. The molecule has 3 N–H and O–H groups in total. The Labute approximate surface area is 262 Å².